The molecule has 1 aromatic carbocycles. The Balaban J connectivity index is 2.89. The highest BCUT2D eigenvalue weighted by Crippen LogP contribution is 2.22. The summed E-state index contributed by atoms with van der Waals surface area (Å²) in [5, 5.41) is 30.8. The van der Waals surface area contributed by atoms with E-state index in [1.165, 1.54) is 12.1 Å². The number of carbonyl (C=O) groups is 1. The molecule has 0 radical (unpaired) electrons. The Hall–Kier alpha value is -2.15. The van der Waals surface area contributed by atoms with Gasteiger partial charge >= 0.3 is 5.97 Å². The molecule has 7 nitrogen and oxygen atoms in total. The first-order chi connectivity index (χ1) is 8.95. The topological polar surface area (TPSA) is 127 Å². The smallest absolute Gasteiger partial charge is 0.307 e. The van der Waals surface area contributed by atoms with Gasteiger partial charge in [-0.2, -0.15) is 0 Å². The molecule has 1 rings (SSSR count). The van der Waals surface area contributed by atoms with Crippen molar-refractivity contribution in [2.75, 3.05) is 6.54 Å². The van der Waals surface area contributed by atoms with Gasteiger partial charge in [0.2, 0.25) is 0 Å². The number of aliphatic carboxylic acids is 1. The summed E-state index contributed by atoms with van der Waals surface area (Å²) in [6.45, 7) is -0.395. The van der Waals surface area contributed by atoms with Gasteiger partial charge in [0.25, 0.3) is 0 Å². The molecule has 8 heteroatoms. The Kier molecular flexibility index (Phi) is 5.25. The first-order valence-corrected chi connectivity index (χ1v) is 5.32. The van der Waals surface area contributed by atoms with Crippen molar-refractivity contribution in [3.8, 4) is 0 Å². The number of rotatable bonds is 6. The largest absolute Gasteiger partial charge is 0.481 e. The van der Waals surface area contributed by atoms with Crippen LogP contribution in [0.2, 0.25) is 0 Å². The van der Waals surface area contributed by atoms with Crippen molar-refractivity contribution in [2.24, 2.45) is 5.11 Å². The average molecular weight is 269 g/mol. The van der Waals surface area contributed by atoms with Crippen molar-refractivity contribution in [3.05, 3.63) is 45.6 Å². The molecule has 0 aliphatic carbocycles. The first-order valence-electron chi connectivity index (χ1n) is 5.32. The number of aliphatic hydroxyl groups is 2. The van der Waals surface area contributed by atoms with Gasteiger partial charge in [-0.1, -0.05) is 17.2 Å². The van der Waals surface area contributed by atoms with E-state index in [0.717, 1.165) is 6.07 Å². The second-order valence-electron chi connectivity index (χ2n) is 3.85. The van der Waals surface area contributed by atoms with E-state index >= 15 is 0 Å². The standard InChI is InChI=1S/C11H12FN3O4/c12-8-3-6(4-10(17)18)1-2-7(8)11(19)9(16)5-14-15-13/h1-3,9,11,16,19H,4-5H2,(H,17,18). The monoisotopic (exact) mass is 269 g/mol. The average Bonchev–Trinajstić information content (AvgIpc) is 2.34. The van der Waals surface area contributed by atoms with Gasteiger partial charge in [-0.3, -0.25) is 4.79 Å². The molecule has 0 spiro atoms. The van der Waals surface area contributed by atoms with Gasteiger partial charge < -0.3 is 15.3 Å². The van der Waals surface area contributed by atoms with Crippen molar-refractivity contribution in [2.45, 2.75) is 18.6 Å². The second-order valence-corrected chi connectivity index (χ2v) is 3.85. The summed E-state index contributed by atoms with van der Waals surface area (Å²) in [6.07, 6.45) is -3.32. The highest BCUT2D eigenvalue weighted by atomic mass is 19.1. The minimum atomic E-state index is -1.55. The Bertz CT molecular complexity index is 517. The zero-order chi connectivity index (χ0) is 14.4. The van der Waals surface area contributed by atoms with E-state index in [1.54, 1.807) is 0 Å². The lowest BCUT2D eigenvalue weighted by Crippen LogP contribution is -2.22. The van der Waals surface area contributed by atoms with Gasteiger partial charge in [0, 0.05) is 10.5 Å². The molecule has 0 heterocycles. The molecule has 102 valence electrons. The number of nitrogens with zero attached hydrogens (tertiary/aromatic N) is 3. The zero-order valence-corrected chi connectivity index (χ0v) is 9.77. The van der Waals surface area contributed by atoms with Gasteiger partial charge in [-0.05, 0) is 17.2 Å². The fourth-order valence-corrected chi connectivity index (χ4v) is 1.52. The van der Waals surface area contributed by atoms with E-state index < -0.39 is 30.5 Å². The summed E-state index contributed by atoms with van der Waals surface area (Å²) < 4.78 is 13.7. The highest BCUT2D eigenvalue weighted by molar-refractivity contribution is 5.70. The SMILES string of the molecule is [N-]=[N+]=NCC(O)C(O)c1ccc(CC(=O)O)cc1F. The number of halogens is 1. The van der Waals surface area contributed by atoms with Gasteiger partial charge in [0.05, 0.1) is 19.1 Å². The van der Waals surface area contributed by atoms with Gasteiger partial charge in [-0.15, -0.1) is 0 Å². The number of aliphatic hydroxyl groups excluding tert-OH is 2. The molecule has 0 saturated carbocycles. The van der Waals surface area contributed by atoms with E-state index in [0.29, 0.717) is 0 Å². The molecular weight excluding hydrogens is 257 g/mol. The fraction of sp³-hybridized carbons (Fsp3) is 0.364. The highest BCUT2D eigenvalue weighted by Gasteiger charge is 2.21. The Morgan fingerprint density at radius 3 is 2.68 bits per heavy atom. The molecule has 1 aromatic rings. The van der Waals surface area contributed by atoms with Crippen LogP contribution in [0.15, 0.2) is 23.3 Å². The third kappa shape index (κ3) is 4.22. The molecule has 19 heavy (non-hydrogen) atoms. The minimum Gasteiger partial charge on any atom is -0.481 e. The maximum atomic E-state index is 13.7. The number of benzene rings is 1. The maximum Gasteiger partial charge on any atom is 0.307 e. The third-order valence-corrected chi connectivity index (χ3v) is 2.44. The van der Waals surface area contributed by atoms with Crippen molar-refractivity contribution in [3.63, 3.8) is 0 Å². The molecule has 0 aliphatic heterocycles. The van der Waals surface area contributed by atoms with E-state index in [4.69, 9.17) is 10.6 Å². The quantitative estimate of drug-likeness (QED) is 0.406. The third-order valence-electron chi connectivity index (χ3n) is 2.44. The summed E-state index contributed by atoms with van der Waals surface area (Å²) in [7, 11) is 0. The van der Waals surface area contributed by atoms with E-state index in [2.05, 4.69) is 10.0 Å². The number of hydrogen-bond donors (Lipinski definition) is 3. The van der Waals surface area contributed by atoms with Crippen LogP contribution in [0.1, 0.15) is 17.2 Å². The van der Waals surface area contributed by atoms with Crippen molar-refractivity contribution in [1.29, 1.82) is 0 Å². The molecule has 0 aromatic heterocycles. The van der Waals surface area contributed by atoms with E-state index in [1.807, 2.05) is 0 Å². The lowest BCUT2D eigenvalue weighted by Gasteiger charge is -2.17. The van der Waals surface area contributed by atoms with Crippen LogP contribution in [0.3, 0.4) is 0 Å². The normalized spacial score (nSPS) is 13.4. The summed E-state index contributed by atoms with van der Waals surface area (Å²) in [6, 6.07) is 3.51. The van der Waals surface area contributed by atoms with Crippen LogP contribution in [0.5, 0.6) is 0 Å². The number of azide groups is 1. The molecule has 0 fully saturated rings. The van der Waals surface area contributed by atoms with Gasteiger partial charge in [0.1, 0.15) is 11.9 Å². The van der Waals surface area contributed by atoms with E-state index in [-0.39, 0.29) is 17.5 Å². The summed E-state index contributed by atoms with van der Waals surface area (Å²) >= 11 is 0. The van der Waals surface area contributed by atoms with Crippen LogP contribution in [-0.4, -0.2) is 33.9 Å². The number of carboxylic acids is 1. The lowest BCUT2D eigenvalue weighted by molar-refractivity contribution is -0.136. The molecular formula is C11H12FN3O4. The zero-order valence-electron chi connectivity index (χ0n) is 9.77. The molecule has 0 amide bonds. The number of carboxylic acid groups (broad SMARTS) is 1. The number of hydrogen-bond acceptors (Lipinski definition) is 4. The van der Waals surface area contributed by atoms with Gasteiger partial charge in [-0.25, -0.2) is 4.39 Å². The summed E-state index contributed by atoms with van der Waals surface area (Å²) in [4.78, 5) is 12.9. The first kappa shape index (κ1) is 14.9. The van der Waals surface area contributed by atoms with Crippen LogP contribution in [0.25, 0.3) is 10.4 Å². The molecule has 2 atom stereocenters. The van der Waals surface area contributed by atoms with E-state index in [9.17, 15) is 19.4 Å². The summed E-state index contributed by atoms with van der Waals surface area (Å²) in [5.74, 6) is -1.93. The summed E-state index contributed by atoms with van der Waals surface area (Å²) in [5.41, 5.74) is 8.13. The molecule has 0 saturated heterocycles. The molecule has 2 unspecified atom stereocenters. The fourth-order valence-electron chi connectivity index (χ4n) is 1.52. The van der Waals surface area contributed by atoms with Crippen LogP contribution in [-0.2, 0) is 11.2 Å². The molecule has 0 bridgehead atoms. The lowest BCUT2D eigenvalue weighted by atomic mass is 10.0. The van der Waals surface area contributed by atoms with Crippen molar-refractivity contribution >= 4 is 5.97 Å². The van der Waals surface area contributed by atoms with Gasteiger partial charge in [0.15, 0.2) is 0 Å². The maximum absolute atomic E-state index is 13.7. The Labute approximate surface area is 107 Å². The van der Waals surface area contributed by atoms with Crippen LogP contribution in [0.4, 0.5) is 4.39 Å². The van der Waals surface area contributed by atoms with Crippen LogP contribution in [0, 0.1) is 5.82 Å². The Morgan fingerprint density at radius 2 is 2.16 bits per heavy atom. The molecule has 0 aliphatic rings. The second kappa shape index (κ2) is 6.69. The minimum absolute atomic E-state index is 0.185. The predicted molar refractivity (Wildman–Crippen MR) is 62.7 cm³/mol. The molecule has 3 N–H and O–H groups in total. The van der Waals surface area contributed by atoms with Crippen LogP contribution < -0.4 is 0 Å². The predicted octanol–water partition coefficient (Wildman–Crippen LogP) is 1.16. The van der Waals surface area contributed by atoms with Crippen molar-refractivity contribution in [1.82, 2.24) is 0 Å². The Morgan fingerprint density at radius 1 is 1.47 bits per heavy atom. The van der Waals surface area contributed by atoms with Crippen molar-refractivity contribution < 1.29 is 24.5 Å². The van der Waals surface area contributed by atoms with Crippen LogP contribution >= 0.6 is 0 Å².